The summed E-state index contributed by atoms with van der Waals surface area (Å²) in [5.41, 5.74) is 1.90. The fraction of sp³-hybridized carbons (Fsp3) is 0. The smallest absolute Gasteiger partial charge is 0.154 e. The number of nitrogens with one attached hydrogen (secondary N) is 1. The molecule has 2 nitrogen and oxygen atoms in total. The Balaban J connectivity index is 2.65. The number of aromatic amines is 1. The van der Waals surface area contributed by atoms with Gasteiger partial charge in [-0.15, -0.1) is 0 Å². The number of aromatic nitrogens is 1. The summed E-state index contributed by atoms with van der Waals surface area (Å²) in [6.45, 7) is 6.66. The van der Waals surface area contributed by atoms with E-state index in [1.165, 1.54) is 6.20 Å². The van der Waals surface area contributed by atoms with Gasteiger partial charge in [-0.3, -0.25) is 0 Å². The number of rotatable bonds is 1. The minimum absolute atomic E-state index is 0.699. The van der Waals surface area contributed by atoms with Gasteiger partial charge in [0.1, 0.15) is 0 Å². The number of para-hydroxylation sites is 1. The van der Waals surface area contributed by atoms with Crippen molar-refractivity contribution in [2.24, 2.45) is 0 Å². The van der Waals surface area contributed by atoms with Gasteiger partial charge in [0.25, 0.3) is 0 Å². The van der Waals surface area contributed by atoms with Gasteiger partial charge in [-0.25, -0.2) is 4.85 Å². The predicted octanol–water partition coefficient (Wildman–Crippen LogP) is 3.71. The van der Waals surface area contributed by atoms with Gasteiger partial charge < -0.3 is 4.98 Å². The van der Waals surface area contributed by atoms with Gasteiger partial charge in [-0.2, -0.15) is 0 Å². The summed E-state index contributed by atoms with van der Waals surface area (Å²) in [5.74, 6) is 0. The maximum atomic E-state index is 6.66. The molecule has 1 heterocycles. The van der Waals surface area contributed by atoms with E-state index in [1.807, 2.05) is 24.4 Å². The van der Waals surface area contributed by atoms with E-state index in [9.17, 15) is 0 Å². The van der Waals surface area contributed by atoms with Gasteiger partial charge in [-0.05, 0) is 11.6 Å². The van der Waals surface area contributed by atoms with E-state index in [2.05, 4.69) is 9.83 Å². The zero-order valence-corrected chi connectivity index (χ0v) is 8.05. The second-order valence-corrected chi connectivity index (χ2v) is 3.26. The summed E-state index contributed by atoms with van der Waals surface area (Å²) in [6.07, 6.45) is 5.05. The standard InChI is InChI=1S/C11H7ClN2/c1-13-6-5-8-7-14-11-9(8)3-2-4-10(11)12/h2-7,14H/b6-5-. The summed E-state index contributed by atoms with van der Waals surface area (Å²) < 4.78 is 0. The van der Waals surface area contributed by atoms with Crippen molar-refractivity contribution in [1.82, 2.24) is 4.98 Å². The molecular formula is C11H7ClN2. The average molecular weight is 203 g/mol. The molecule has 0 radical (unpaired) electrons. The Kier molecular flexibility index (Phi) is 2.26. The van der Waals surface area contributed by atoms with Crippen LogP contribution >= 0.6 is 11.6 Å². The molecule has 0 fully saturated rings. The molecule has 2 rings (SSSR count). The van der Waals surface area contributed by atoms with E-state index >= 15 is 0 Å². The number of halogens is 1. The molecule has 0 saturated heterocycles. The maximum Gasteiger partial charge on any atom is 0.154 e. The van der Waals surface area contributed by atoms with E-state index in [0.29, 0.717) is 5.02 Å². The van der Waals surface area contributed by atoms with Crippen molar-refractivity contribution in [3.63, 3.8) is 0 Å². The number of hydrogen-bond donors (Lipinski definition) is 1. The first-order valence-electron chi connectivity index (χ1n) is 4.11. The zero-order chi connectivity index (χ0) is 9.97. The van der Waals surface area contributed by atoms with Crippen molar-refractivity contribution < 1.29 is 0 Å². The van der Waals surface area contributed by atoms with Gasteiger partial charge >= 0.3 is 0 Å². The number of H-pyrrole nitrogens is 1. The zero-order valence-electron chi connectivity index (χ0n) is 7.29. The fourth-order valence-corrected chi connectivity index (χ4v) is 1.62. The molecule has 68 valence electrons. The molecule has 0 bridgehead atoms. The lowest BCUT2D eigenvalue weighted by Gasteiger charge is -1.93. The van der Waals surface area contributed by atoms with Crippen molar-refractivity contribution in [3.05, 3.63) is 52.6 Å². The monoisotopic (exact) mass is 202 g/mol. The summed E-state index contributed by atoms with van der Waals surface area (Å²) in [5, 5.41) is 1.74. The number of benzene rings is 1. The van der Waals surface area contributed by atoms with Crippen LogP contribution < -0.4 is 0 Å². The Bertz CT molecular complexity index is 532. The summed E-state index contributed by atoms with van der Waals surface area (Å²) in [6, 6.07) is 5.71. The van der Waals surface area contributed by atoms with Crippen molar-refractivity contribution in [2.75, 3.05) is 0 Å². The first-order chi connectivity index (χ1) is 6.83. The summed E-state index contributed by atoms with van der Waals surface area (Å²) in [4.78, 5) is 6.24. The lowest BCUT2D eigenvalue weighted by Crippen LogP contribution is -1.69. The molecular weight excluding hydrogens is 196 g/mol. The maximum absolute atomic E-state index is 6.66. The van der Waals surface area contributed by atoms with Gasteiger partial charge in [0, 0.05) is 11.6 Å². The molecule has 0 saturated carbocycles. The molecule has 0 atom stereocenters. The molecule has 0 amide bonds. The highest BCUT2D eigenvalue weighted by atomic mass is 35.5. The highest BCUT2D eigenvalue weighted by Crippen LogP contribution is 2.25. The Morgan fingerprint density at radius 2 is 2.29 bits per heavy atom. The minimum Gasteiger partial charge on any atom is -0.359 e. The molecule has 1 aromatic heterocycles. The first kappa shape index (κ1) is 8.86. The van der Waals surface area contributed by atoms with Crippen molar-refractivity contribution in [2.45, 2.75) is 0 Å². The lowest BCUT2D eigenvalue weighted by atomic mass is 10.2. The van der Waals surface area contributed by atoms with E-state index in [0.717, 1.165) is 16.5 Å². The topological polar surface area (TPSA) is 20.1 Å². The Labute approximate surface area is 86.6 Å². The molecule has 0 aliphatic carbocycles. The Morgan fingerprint density at radius 3 is 3.07 bits per heavy atom. The molecule has 14 heavy (non-hydrogen) atoms. The summed E-state index contributed by atoms with van der Waals surface area (Å²) in [7, 11) is 0. The van der Waals surface area contributed by atoms with Crippen LogP contribution in [0.4, 0.5) is 0 Å². The molecule has 0 spiro atoms. The quantitative estimate of drug-likeness (QED) is 0.681. The highest BCUT2D eigenvalue weighted by Gasteiger charge is 2.02. The Hall–Kier alpha value is -1.72. The van der Waals surface area contributed by atoms with Crippen LogP contribution in [-0.2, 0) is 0 Å². The number of nitrogens with zero attached hydrogens (tertiary/aromatic N) is 1. The average Bonchev–Trinajstić information content (AvgIpc) is 2.60. The van der Waals surface area contributed by atoms with Crippen LogP contribution in [0.3, 0.4) is 0 Å². The number of fused-ring (bicyclic) bond motifs is 1. The van der Waals surface area contributed by atoms with Crippen LogP contribution in [0.2, 0.25) is 5.02 Å². The molecule has 0 unspecified atom stereocenters. The highest BCUT2D eigenvalue weighted by molar-refractivity contribution is 6.35. The van der Waals surface area contributed by atoms with Gasteiger partial charge in [0.05, 0.1) is 17.1 Å². The van der Waals surface area contributed by atoms with Gasteiger partial charge in [0.2, 0.25) is 0 Å². The molecule has 2 aromatic rings. The third-order valence-electron chi connectivity index (χ3n) is 2.03. The van der Waals surface area contributed by atoms with Crippen LogP contribution in [0.1, 0.15) is 5.56 Å². The molecule has 0 aliphatic rings. The first-order valence-corrected chi connectivity index (χ1v) is 4.49. The molecule has 0 aliphatic heterocycles. The Morgan fingerprint density at radius 1 is 1.43 bits per heavy atom. The summed E-state index contributed by atoms with van der Waals surface area (Å²) >= 11 is 5.99. The van der Waals surface area contributed by atoms with E-state index in [4.69, 9.17) is 18.2 Å². The van der Waals surface area contributed by atoms with E-state index in [1.54, 1.807) is 6.08 Å². The van der Waals surface area contributed by atoms with E-state index < -0.39 is 0 Å². The van der Waals surface area contributed by atoms with Gasteiger partial charge in [-0.1, -0.05) is 29.8 Å². The van der Waals surface area contributed by atoms with E-state index in [-0.39, 0.29) is 0 Å². The predicted molar refractivity (Wildman–Crippen MR) is 58.9 cm³/mol. The van der Waals surface area contributed by atoms with Crippen LogP contribution in [0, 0.1) is 6.57 Å². The molecule has 1 N–H and O–H groups in total. The SMILES string of the molecule is [C-]#[N+]/C=C\c1c[nH]c2c(Cl)cccc12. The normalized spacial score (nSPS) is 10.9. The second kappa shape index (κ2) is 3.57. The lowest BCUT2D eigenvalue weighted by molar-refractivity contribution is 1.47. The van der Waals surface area contributed by atoms with Crippen LogP contribution in [0.15, 0.2) is 30.6 Å². The van der Waals surface area contributed by atoms with Crippen LogP contribution in [0.5, 0.6) is 0 Å². The molecule has 1 aromatic carbocycles. The van der Waals surface area contributed by atoms with Crippen molar-refractivity contribution >= 4 is 28.6 Å². The largest absolute Gasteiger partial charge is 0.359 e. The fourth-order valence-electron chi connectivity index (χ4n) is 1.39. The van der Waals surface area contributed by atoms with Crippen LogP contribution in [0.25, 0.3) is 21.8 Å². The number of hydrogen-bond acceptors (Lipinski definition) is 0. The third-order valence-corrected chi connectivity index (χ3v) is 2.34. The van der Waals surface area contributed by atoms with Crippen LogP contribution in [-0.4, -0.2) is 4.98 Å². The second-order valence-electron chi connectivity index (χ2n) is 2.85. The van der Waals surface area contributed by atoms with Crippen molar-refractivity contribution in [3.8, 4) is 0 Å². The third kappa shape index (κ3) is 1.39. The van der Waals surface area contributed by atoms with Crippen molar-refractivity contribution in [1.29, 1.82) is 0 Å². The van der Waals surface area contributed by atoms with Gasteiger partial charge in [0.15, 0.2) is 6.20 Å². The minimum atomic E-state index is 0.699. The molecule has 3 heteroatoms.